The van der Waals surface area contributed by atoms with Crippen LogP contribution in [0.15, 0.2) is 88.8 Å². The van der Waals surface area contributed by atoms with Gasteiger partial charge in [-0.25, -0.2) is 9.79 Å². The van der Waals surface area contributed by atoms with Crippen molar-refractivity contribution in [1.82, 2.24) is 4.90 Å². The topological polar surface area (TPSA) is 97.3 Å². The number of nitrogens with zero attached hydrogens (tertiary/aromatic N) is 2. The Labute approximate surface area is 225 Å². The average Bonchev–Trinajstić information content (AvgIpc) is 3.22. The molecule has 0 atom stereocenters. The Morgan fingerprint density at radius 2 is 1.76 bits per heavy atom. The van der Waals surface area contributed by atoms with E-state index in [0.29, 0.717) is 44.9 Å². The number of esters is 1. The van der Waals surface area contributed by atoms with E-state index in [-0.39, 0.29) is 25.0 Å². The summed E-state index contributed by atoms with van der Waals surface area (Å²) < 4.78 is 10.9. The summed E-state index contributed by atoms with van der Waals surface area (Å²) in [7, 11) is 0. The minimum absolute atomic E-state index is 0.180. The molecule has 194 valence electrons. The highest BCUT2D eigenvalue weighted by Crippen LogP contribution is 2.35. The van der Waals surface area contributed by atoms with Gasteiger partial charge in [0.1, 0.15) is 5.75 Å². The molecule has 0 aromatic heterocycles. The fraction of sp³-hybridized carbons (Fsp3) is 0.172. The molecule has 9 heteroatoms. The van der Waals surface area contributed by atoms with Crippen molar-refractivity contribution in [3.63, 3.8) is 0 Å². The fourth-order valence-electron chi connectivity index (χ4n) is 3.63. The lowest BCUT2D eigenvalue weighted by atomic mass is 10.2. The van der Waals surface area contributed by atoms with Crippen LogP contribution in [0.5, 0.6) is 5.75 Å². The Bertz CT molecular complexity index is 1390. The number of benzene rings is 3. The number of hydrogen-bond donors (Lipinski definition) is 1. The van der Waals surface area contributed by atoms with Gasteiger partial charge in [-0.2, -0.15) is 0 Å². The highest BCUT2D eigenvalue weighted by molar-refractivity contribution is 8.18. The van der Waals surface area contributed by atoms with Crippen LogP contribution in [0, 0.1) is 0 Å². The van der Waals surface area contributed by atoms with E-state index in [2.05, 4.69) is 10.3 Å². The number of hydrogen-bond acceptors (Lipinski definition) is 7. The molecule has 8 nitrogen and oxygen atoms in total. The zero-order valence-electron chi connectivity index (χ0n) is 21.0. The highest BCUT2D eigenvalue weighted by Gasteiger charge is 2.32. The summed E-state index contributed by atoms with van der Waals surface area (Å²) in [6.07, 6.45) is 1.73. The second kappa shape index (κ2) is 12.7. The normalized spacial score (nSPS) is 15.1. The van der Waals surface area contributed by atoms with Crippen molar-refractivity contribution in [1.29, 1.82) is 0 Å². The number of amidine groups is 1. The van der Waals surface area contributed by atoms with Crippen LogP contribution in [0.25, 0.3) is 6.08 Å². The lowest BCUT2D eigenvalue weighted by Gasteiger charge is -2.12. The summed E-state index contributed by atoms with van der Waals surface area (Å²) in [6, 6.07) is 23.1. The predicted molar refractivity (Wildman–Crippen MR) is 149 cm³/mol. The highest BCUT2D eigenvalue weighted by atomic mass is 32.2. The van der Waals surface area contributed by atoms with Gasteiger partial charge in [-0.15, -0.1) is 0 Å². The van der Waals surface area contributed by atoms with Crippen molar-refractivity contribution < 1.29 is 23.9 Å². The molecule has 38 heavy (non-hydrogen) atoms. The van der Waals surface area contributed by atoms with Crippen molar-refractivity contribution in [3.05, 3.63) is 94.9 Å². The van der Waals surface area contributed by atoms with E-state index in [1.54, 1.807) is 66.4 Å². The number of carbonyl (C=O) groups excluding carboxylic acids is 3. The van der Waals surface area contributed by atoms with Crippen molar-refractivity contribution in [2.24, 2.45) is 4.99 Å². The molecular weight excluding hydrogens is 502 g/mol. The number of nitrogens with one attached hydrogen (secondary N) is 1. The number of carbonyl (C=O) groups is 3. The van der Waals surface area contributed by atoms with E-state index in [4.69, 9.17) is 9.47 Å². The lowest BCUT2D eigenvalue weighted by Crippen LogP contribution is -2.28. The molecule has 0 radical (unpaired) electrons. The van der Waals surface area contributed by atoms with Gasteiger partial charge in [0, 0.05) is 17.8 Å². The third-order valence-electron chi connectivity index (χ3n) is 5.41. The molecule has 1 aliphatic rings. The third kappa shape index (κ3) is 6.68. The zero-order chi connectivity index (χ0) is 26.9. The maximum atomic E-state index is 13.2. The van der Waals surface area contributed by atoms with Crippen LogP contribution in [0.4, 0.5) is 11.4 Å². The maximum absolute atomic E-state index is 13.2. The molecule has 3 aromatic carbocycles. The molecule has 1 heterocycles. The number of para-hydroxylation sites is 2. The predicted octanol–water partition coefficient (Wildman–Crippen LogP) is 5.50. The van der Waals surface area contributed by atoms with Gasteiger partial charge in [0.15, 0.2) is 11.8 Å². The first-order chi connectivity index (χ1) is 18.5. The first kappa shape index (κ1) is 26.7. The number of anilines is 1. The summed E-state index contributed by atoms with van der Waals surface area (Å²) in [5.74, 6) is -0.421. The van der Waals surface area contributed by atoms with Crippen molar-refractivity contribution in [3.8, 4) is 5.75 Å². The number of likely N-dealkylation sites (N-methyl/N-ethyl adjacent to an activating group) is 1. The van der Waals surface area contributed by atoms with E-state index in [1.165, 1.54) is 11.8 Å². The van der Waals surface area contributed by atoms with Crippen LogP contribution in [0.1, 0.15) is 29.8 Å². The number of thioether (sulfide) groups is 1. The van der Waals surface area contributed by atoms with Crippen molar-refractivity contribution in [2.45, 2.75) is 13.8 Å². The molecule has 1 aliphatic heterocycles. The SMILES string of the molecule is CCOC(=O)c1cccc(N=C2SC(=Cc3ccccc3OCC(=O)Nc3ccccc3)C(=O)N2CC)c1. The molecule has 4 rings (SSSR count). The van der Waals surface area contributed by atoms with Gasteiger partial charge in [-0.3, -0.25) is 14.5 Å². The molecular formula is C29H27N3O5S. The molecule has 0 spiro atoms. The van der Waals surface area contributed by atoms with Gasteiger partial charge in [0.2, 0.25) is 0 Å². The standard InChI is InChI=1S/C29H27N3O5S/c1-3-32-27(34)25(38-29(32)31-23-15-10-12-21(17-23)28(35)36-4-2)18-20-11-8-9-16-24(20)37-19-26(33)30-22-13-6-5-7-14-22/h5-18H,3-4,19H2,1-2H3,(H,30,33). The first-order valence-corrected chi connectivity index (χ1v) is 12.9. The monoisotopic (exact) mass is 529 g/mol. The zero-order valence-corrected chi connectivity index (χ0v) is 21.9. The largest absolute Gasteiger partial charge is 0.483 e. The van der Waals surface area contributed by atoms with Crippen LogP contribution in [-0.4, -0.2) is 47.6 Å². The molecule has 3 aromatic rings. The van der Waals surface area contributed by atoms with E-state index in [0.717, 1.165) is 0 Å². The Hall–Kier alpha value is -4.37. The van der Waals surface area contributed by atoms with Crippen LogP contribution in [0.3, 0.4) is 0 Å². The molecule has 0 bridgehead atoms. The summed E-state index contributed by atoms with van der Waals surface area (Å²) >= 11 is 1.24. The Morgan fingerprint density at radius 3 is 2.53 bits per heavy atom. The van der Waals surface area contributed by atoms with Crippen molar-refractivity contribution >= 4 is 52.2 Å². The molecule has 0 aliphatic carbocycles. The minimum Gasteiger partial charge on any atom is -0.483 e. The Morgan fingerprint density at radius 1 is 1.00 bits per heavy atom. The summed E-state index contributed by atoms with van der Waals surface area (Å²) in [4.78, 5) is 44.3. The number of rotatable bonds is 9. The summed E-state index contributed by atoms with van der Waals surface area (Å²) in [5.41, 5.74) is 2.28. The van der Waals surface area contributed by atoms with Crippen LogP contribution in [0.2, 0.25) is 0 Å². The number of ether oxygens (including phenoxy) is 2. The molecule has 1 fully saturated rings. The van der Waals surface area contributed by atoms with E-state index >= 15 is 0 Å². The molecule has 0 unspecified atom stereocenters. The average molecular weight is 530 g/mol. The Balaban J connectivity index is 1.51. The molecule has 1 N–H and O–H groups in total. The smallest absolute Gasteiger partial charge is 0.338 e. The van der Waals surface area contributed by atoms with Crippen LogP contribution >= 0.6 is 11.8 Å². The fourth-order valence-corrected chi connectivity index (χ4v) is 4.69. The molecule has 2 amide bonds. The maximum Gasteiger partial charge on any atom is 0.338 e. The van der Waals surface area contributed by atoms with Gasteiger partial charge < -0.3 is 14.8 Å². The second-order valence-corrected chi connectivity index (χ2v) is 9.08. The van der Waals surface area contributed by atoms with Gasteiger partial charge in [0.25, 0.3) is 11.8 Å². The van der Waals surface area contributed by atoms with Gasteiger partial charge >= 0.3 is 5.97 Å². The van der Waals surface area contributed by atoms with Crippen LogP contribution in [-0.2, 0) is 14.3 Å². The van der Waals surface area contributed by atoms with E-state index in [9.17, 15) is 14.4 Å². The molecule has 0 saturated carbocycles. The Kier molecular flexibility index (Phi) is 8.94. The quantitative estimate of drug-likeness (QED) is 0.290. The number of amides is 2. The molecule has 1 saturated heterocycles. The van der Waals surface area contributed by atoms with Gasteiger partial charge in [0.05, 0.1) is 22.8 Å². The van der Waals surface area contributed by atoms with E-state index < -0.39 is 5.97 Å². The minimum atomic E-state index is -0.424. The lowest BCUT2D eigenvalue weighted by molar-refractivity contribution is -0.122. The third-order valence-corrected chi connectivity index (χ3v) is 6.41. The van der Waals surface area contributed by atoms with E-state index in [1.807, 2.05) is 37.3 Å². The van der Waals surface area contributed by atoms with Gasteiger partial charge in [-0.1, -0.05) is 42.5 Å². The summed E-state index contributed by atoms with van der Waals surface area (Å²) in [5, 5.41) is 3.29. The van der Waals surface area contributed by atoms with Crippen molar-refractivity contribution in [2.75, 3.05) is 25.1 Å². The summed E-state index contributed by atoms with van der Waals surface area (Å²) in [6.45, 7) is 4.15. The number of aliphatic imine (C=N–C) groups is 1. The second-order valence-electron chi connectivity index (χ2n) is 8.07. The van der Waals surface area contributed by atoms with Gasteiger partial charge in [-0.05, 0) is 68.1 Å². The first-order valence-electron chi connectivity index (χ1n) is 12.1. The van der Waals surface area contributed by atoms with Crippen LogP contribution < -0.4 is 10.1 Å².